The van der Waals surface area contributed by atoms with Crippen LogP contribution < -0.4 is 0 Å². The monoisotopic (exact) mass is 442 g/mol. The zero-order valence-corrected chi connectivity index (χ0v) is 19.9. The number of aliphatic carboxylic acids is 3. The number of carbonyl (C=O) groups is 3. The van der Waals surface area contributed by atoms with Crippen LogP contribution in [0.25, 0.3) is 0 Å². The lowest BCUT2D eigenvalue weighted by atomic mass is 10.00. The van der Waals surface area contributed by atoms with Crippen LogP contribution in [-0.2, 0) is 14.4 Å². The van der Waals surface area contributed by atoms with Crippen LogP contribution in [-0.4, -0.2) is 62.4 Å². The van der Waals surface area contributed by atoms with Crippen molar-refractivity contribution in [1.29, 1.82) is 0 Å². The van der Waals surface area contributed by atoms with Crippen molar-refractivity contribution in [2.75, 3.05) is 6.54 Å². The molecule has 0 bridgehead atoms. The fraction of sp³-hybridized carbons (Fsp3) is 0.792. The third-order valence-electron chi connectivity index (χ3n) is 6.55. The minimum atomic E-state index is -1.17. The molecule has 0 heterocycles. The highest BCUT2D eigenvalue weighted by atomic mass is 16.4. The van der Waals surface area contributed by atoms with Gasteiger partial charge >= 0.3 is 17.9 Å². The highest BCUT2D eigenvalue weighted by molar-refractivity contribution is 5.77. The zero-order valence-electron chi connectivity index (χ0n) is 19.9. The maximum atomic E-state index is 11.7. The zero-order chi connectivity index (χ0) is 23.9. The van der Waals surface area contributed by atoms with Gasteiger partial charge in [0.1, 0.15) is 0 Å². The molecule has 7 heteroatoms. The molecule has 0 saturated carbocycles. The molecule has 0 aromatic heterocycles. The van der Waals surface area contributed by atoms with Crippen LogP contribution in [0.15, 0.2) is 12.2 Å². The number of allylic oxidation sites excluding steroid dienone is 2. The molecule has 3 N–H and O–H groups in total. The van der Waals surface area contributed by atoms with E-state index in [-0.39, 0.29) is 6.54 Å². The lowest BCUT2D eigenvalue weighted by molar-refractivity contribution is -0.968. The van der Waals surface area contributed by atoms with Crippen LogP contribution in [0.5, 0.6) is 0 Å². The first-order valence-corrected chi connectivity index (χ1v) is 11.8. The van der Waals surface area contributed by atoms with Gasteiger partial charge in [-0.15, -0.1) is 0 Å². The van der Waals surface area contributed by atoms with Gasteiger partial charge in [0.25, 0.3) is 0 Å². The average molecular weight is 443 g/mol. The van der Waals surface area contributed by atoms with Gasteiger partial charge in [0.2, 0.25) is 0 Å². The van der Waals surface area contributed by atoms with Crippen molar-refractivity contribution >= 4 is 17.9 Å². The van der Waals surface area contributed by atoms with Crippen LogP contribution in [0.2, 0.25) is 0 Å². The Morgan fingerprint density at radius 3 is 1.35 bits per heavy atom. The van der Waals surface area contributed by atoms with E-state index in [9.17, 15) is 29.7 Å². The summed E-state index contributed by atoms with van der Waals surface area (Å²) in [6.45, 7) is 6.61. The third-order valence-corrected chi connectivity index (χ3v) is 6.55. The summed E-state index contributed by atoms with van der Waals surface area (Å²) in [5.74, 6) is -3.52. The van der Waals surface area contributed by atoms with Gasteiger partial charge in [0.05, 0.1) is 6.54 Å². The molecule has 0 amide bonds. The Balaban J connectivity index is 4.59. The van der Waals surface area contributed by atoms with E-state index in [0.29, 0.717) is 6.42 Å². The number of quaternary nitrogens is 1. The summed E-state index contributed by atoms with van der Waals surface area (Å²) in [6.07, 6.45) is 16.3. The minimum Gasteiger partial charge on any atom is -0.477 e. The van der Waals surface area contributed by atoms with Crippen molar-refractivity contribution in [3.8, 4) is 0 Å². The van der Waals surface area contributed by atoms with E-state index >= 15 is 0 Å². The second-order valence-corrected chi connectivity index (χ2v) is 8.61. The van der Waals surface area contributed by atoms with E-state index < -0.39 is 40.5 Å². The van der Waals surface area contributed by atoms with Gasteiger partial charge in [0.15, 0.2) is 18.1 Å². The van der Waals surface area contributed by atoms with Crippen molar-refractivity contribution in [1.82, 2.24) is 0 Å². The highest BCUT2D eigenvalue weighted by Gasteiger charge is 2.52. The molecule has 0 aliphatic carbocycles. The molecular weight excluding hydrogens is 398 g/mol. The smallest absolute Gasteiger partial charge is 0.362 e. The number of rotatable bonds is 19. The van der Waals surface area contributed by atoms with Gasteiger partial charge < -0.3 is 15.3 Å². The number of carboxylic acids is 3. The molecule has 0 aliphatic rings. The molecule has 31 heavy (non-hydrogen) atoms. The van der Waals surface area contributed by atoms with Crippen molar-refractivity contribution in [3.05, 3.63) is 12.2 Å². The number of carboxylic acid groups (broad SMARTS) is 3. The summed E-state index contributed by atoms with van der Waals surface area (Å²) in [6, 6.07) is -3.36. The van der Waals surface area contributed by atoms with E-state index in [2.05, 4.69) is 19.1 Å². The predicted octanol–water partition coefficient (Wildman–Crippen LogP) is 5.09. The summed E-state index contributed by atoms with van der Waals surface area (Å²) >= 11 is 0. The summed E-state index contributed by atoms with van der Waals surface area (Å²) in [4.78, 5) is 35.2. The maximum absolute atomic E-state index is 11.7. The molecule has 0 aromatic rings. The van der Waals surface area contributed by atoms with Gasteiger partial charge in [-0.3, -0.25) is 4.48 Å². The van der Waals surface area contributed by atoms with Gasteiger partial charge in [-0.25, -0.2) is 14.4 Å². The Morgan fingerprint density at radius 1 is 0.645 bits per heavy atom. The average Bonchev–Trinajstić information content (AvgIpc) is 2.72. The predicted molar refractivity (Wildman–Crippen MR) is 122 cm³/mol. The Bertz CT molecular complexity index is 524. The number of unbranched alkanes of at least 4 members (excludes halogenated alkanes) is 9. The Labute approximate surface area is 187 Å². The first kappa shape index (κ1) is 29.1. The van der Waals surface area contributed by atoms with Crippen molar-refractivity contribution in [2.45, 2.75) is 116 Å². The third kappa shape index (κ3) is 9.85. The van der Waals surface area contributed by atoms with Crippen LogP contribution >= 0.6 is 0 Å². The van der Waals surface area contributed by atoms with Crippen molar-refractivity contribution in [2.24, 2.45) is 0 Å². The second kappa shape index (κ2) is 15.8. The molecule has 180 valence electrons. The van der Waals surface area contributed by atoms with E-state index in [4.69, 9.17) is 0 Å². The second-order valence-electron chi connectivity index (χ2n) is 8.61. The molecule has 3 unspecified atom stereocenters. The summed E-state index contributed by atoms with van der Waals surface area (Å²) in [5, 5.41) is 28.7. The summed E-state index contributed by atoms with van der Waals surface area (Å²) < 4.78 is -0.480. The molecule has 0 rings (SSSR count). The highest BCUT2D eigenvalue weighted by Crippen LogP contribution is 2.27. The molecular formula is C24H44NO6+. The van der Waals surface area contributed by atoms with E-state index in [1.807, 2.05) is 0 Å². The van der Waals surface area contributed by atoms with Crippen LogP contribution in [0.3, 0.4) is 0 Å². The largest absolute Gasteiger partial charge is 0.477 e. The van der Waals surface area contributed by atoms with Gasteiger partial charge in [0, 0.05) is 0 Å². The molecule has 0 aromatic carbocycles. The Morgan fingerprint density at radius 2 is 1.00 bits per heavy atom. The molecule has 0 fully saturated rings. The standard InChI is InChI=1S/C24H43NO6/c1-5-6-7-8-9-10-11-12-13-14-15-16-17-18-25(19(2)22(26)27,20(3)23(28)29)21(4)24(30)31/h6-7,19-21H,5,8-18H2,1-4H3,(H2-,26,27,28,29,30,31)/p+1/b7-6+. The van der Waals surface area contributed by atoms with E-state index in [1.54, 1.807) is 0 Å². The van der Waals surface area contributed by atoms with Crippen LogP contribution in [0, 0.1) is 0 Å². The SMILES string of the molecule is CC/C=C/CCCCCCCCCCC[N+](C(C)C(=O)O)(C(C)C(=O)O)C(C)C(=O)O. The fourth-order valence-corrected chi connectivity index (χ4v) is 4.37. The Kier molecular flexibility index (Phi) is 14.9. The lowest BCUT2D eigenvalue weighted by Gasteiger charge is -2.47. The van der Waals surface area contributed by atoms with E-state index in [1.165, 1.54) is 46.5 Å². The first-order valence-electron chi connectivity index (χ1n) is 11.8. The quantitative estimate of drug-likeness (QED) is 0.146. The van der Waals surface area contributed by atoms with Gasteiger partial charge in [-0.05, 0) is 52.9 Å². The minimum absolute atomic E-state index is 0.222. The lowest BCUT2D eigenvalue weighted by Crippen LogP contribution is -2.70. The summed E-state index contributed by atoms with van der Waals surface area (Å²) in [5.41, 5.74) is 0. The molecule has 3 atom stereocenters. The van der Waals surface area contributed by atoms with Crippen LogP contribution in [0.4, 0.5) is 0 Å². The molecule has 0 radical (unpaired) electrons. The molecule has 0 aliphatic heterocycles. The van der Waals surface area contributed by atoms with Gasteiger partial charge in [-0.2, -0.15) is 0 Å². The van der Waals surface area contributed by atoms with Gasteiger partial charge in [-0.1, -0.05) is 57.6 Å². The van der Waals surface area contributed by atoms with E-state index in [0.717, 1.165) is 38.5 Å². The number of nitrogens with zero attached hydrogens (tertiary/aromatic N) is 1. The van der Waals surface area contributed by atoms with Crippen molar-refractivity contribution < 1.29 is 34.2 Å². The maximum Gasteiger partial charge on any atom is 0.362 e. The topological polar surface area (TPSA) is 112 Å². The molecule has 0 spiro atoms. The van der Waals surface area contributed by atoms with Crippen molar-refractivity contribution in [3.63, 3.8) is 0 Å². The number of hydrogen-bond donors (Lipinski definition) is 3. The Hall–Kier alpha value is -1.89. The number of hydrogen-bond acceptors (Lipinski definition) is 3. The van der Waals surface area contributed by atoms with Crippen LogP contribution in [0.1, 0.15) is 98.3 Å². The fourth-order valence-electron chi connectivity index (χ4n) is 4.37. The summed E-state index contributed by atoms with van der Waals surface area (Å²) in [7, 11) is 0. The molecule has 0 saturated heterocycles. The molecule has 7 nitrogen and oxygen atoms in total. The normalized spacial score (nSPS) is 16.5. The first-order chi connectivity index (χ1) is 14.6.